The molecule has 0 saturated heterocycles. The van der Waals surface area contributed by atoms with Gasteiger partial charge in [-0.2, -0.15) is 13.2 Å². The maximum Gasteiger partial charge on any atom is 0.392 e. The summed E-state index contributed by atoms with van der Waals surface area (Å²) in [5, 5.41) is 11.8. The van der Waals surface area contributed by atoms with Gasteiger partial charge in [-0.1, -0.05) is 42.7 Å². The summed E-state index contributed by atoms with van der Waals surface area (Å²) in [5.74, 6) is -5.42. The van der Waals surface area contributed by atoms with Gasteiger partial charge in [0.1, 0.15) is 0 Å². The SMILES string of the molecule is Cc1cccc(CC(CNC(=O)C2CCCCC2C(F)(F)F)C(=O)O)c1. The average Bonchev–Trinajstić information content (AvgIpc) is 2.57. The maximum atomic E-state index is 13.1. The zero-order valence-electron chi connectivity index (χ0n) is 14.7. The fraction of sp³-hybridized carbons (Fsp3) is 0.579. The Morgan fingerprint density at radius 2 is 1.96 bits per heavy atom. The molecule has 1 aliphatic carbocycles. The number of nitrogens with one attached hydrogen (secondary N) is 1. The van der Waals surface area contributed by atoms with Gasteiger partial charge in [-0.05, 0) is 31.7 Å². The van der Waals surface area contributed by atoms with E-state index in [9.17, 15) is 27.9 Å². The number of benzene rings is 1. The first kappa shape index (κ1) is 20.3. The number of aliphatic carboxylic acids is 1. The molecule has 1 aromatic rings. The van der Waals surface area contributed by atoms with Gasteiger partial charge >= 0.3 is 12.1 Å². The van der Waals surface area contributed by atoms with Crippen molar-refractivity contribution in [1.82, 2.24) is 5.32 Å². The van der Waals surface area contributed by atoms with Crippen molar-refractivity contribution in [3.8, 4) is 0 Å². The van der Waals surface area contributed by atoms with Crippen molar-refractivity contribution in [2.24, 2.45) is 17.8 Å². The van der Waals surface area contributed by atoms with Crippen molar-refractivity contribution >= 4 is 11.9 Å². The maximum absolute atomic E-state index is 13.1. The summed E-state index contributed by atoms with van der Waals surface area (Å²) in [6.07, 6.45) is -3.02. The van der Waals surface area contributed by atoms with Crippen LogP contribution in [0.4, 0.5) is 13.2 Å². The third-order valence-corrected chi connectivity index (χ3v) is 4.96. The van der Waals surface area contributed by atoms with E-state index in [0.717, 1.165) is 11.1 Å². The van der Waals surface area contributed by atoms with Gasteiger partial charge in [-0.25, -0.2) is 0 Å². The van der Waals surface area contributed by atoms with E-state index in [2.05, 4.69) is 5.32 Å². The van der Waals surface area contributed by atoms with E-state index in [1.807, 2.05) is 25.1 Å². The predicted molar refractivity (Wildman–Crippen MR) is 90.5 cm³/mol. The van der Waals surface area contributed by atoms with Gasteiger partial charge in [-0.15, -0.1) is 0 Å². The summed E-state index contributed by atoms with van der Waals surface area (Å²) >= 11 is 0. The van der Waals surface area contributed by atoms with Gasteiger partial charge in [0.25, 0.3) is 0 Å². The molecule has 1 amide bonds. The second kappa shape index (κ2) is 8.56. The Bertz CT molecular complexity index is 645. The lowest BCUT2D eigenvalue weighted by molar-refractivity contribution is -0.198. The summed E-state index contributed by atoms with van der Waals surface area (Å²) in [4.78, 5) is 23.8. The number of halogens is 3. The van der Waals surface area contributed by atoms with Gasteiger partial charge in [-0.3, -0.25) is 9.59 Å². The van der Waals surface area contributed by atoms with Crippen molar-refractivity contribution in [2.45, 2.75) is 45.2 Å². The van der Waals surface area contributed by atoms with E-state index in [1.165, 1.54) is 0 Å². The van der Waals surface area contributed by atoms with Crippen molar-refractivity contribution in [3.63, 3.8) is 0 Å². The molecule has 144 valence electrons. The Hall–Kier alpha value is -2.05. The van der Waals surface area contributed by atoms with Crippen LogP contribution in [0.25, 0.3) is 0 Å². The number of amides is 1. The van der Waals surface area contributed by atoms with Crippen molar-refractivity contribution in [2.75, 3.05) is 6.54 Å². The third-order valence-electron chi connectivity index (χ3n) is 4.96. The molecule has 2 N–H and O–H groups in total. The van der Waals surface area contributed by atoms with Gasteiger partial charge in [0.2, 0.25) is 5.91 Å². The van der Waals surface area contributed by atoms with Crippen molar-refractivity contribution in [1.29, 1.82) is 0 Å². The molecule has 2 rings (SSSR count). The highest BCUT2D eigenvalue weighted by atomic mass is 19.4. The Kier molecular flexibility index (Phi) is 6.67. The summed E-state index contributed by atoms with van der Waals surface area (Å²) < 4.78 is 39.4. The molecule has 3 atom stereocenters. The van der Waals surface area contributed by atoms with Crippen LogP contribution in [0.1, 0.15) is 36.8 Å². The Morgan fingerprint density at radius 1 is 1.27 bits per heavy atom. The molecule has 0 bridgehead atoms. The summed E-state index contributed by atoms with van der Waals surface area (Å²) in [6.45, 7) is 1.71. The molecule has 3 unspecified atom stereocenters. The van der Waals surface area contributed by atoms with E-state index >= 15 is 0 Å². The number of hydrogen-bond acceptors (Lipinski definition) is 2. The largest absolute Gasteiger partial charge is 0.481 e. The Morgan fingerprint density at radius 3 is 2.58 bits per heavy atom. The van der Waals surface area contributed by atoms with Crippen LogP contribution in [-0.4, -0.2) is 29.7 Å². The smallest absolute Gasteiger partial charge is 0.392 e. The molecular weight excluding hydrogens is 347 g/mol. The number of carbonyl (C=O) groups excluding carboxylic acids is 1. The summed E-state index contributed by atoms with van der Waals surface area (Å²) in [5.41, 5.74) is 1.81. The molecule has 7 heteroatoms. The quantitative estimate of drug-likeness (QED) is 0.801. The van der Waals surface area contributed by atoms with Gasteiger partial charge in [0, 0.05) is 12.5 Å². The van der Waals surface area contributed by atoms with Crippen LogP contribution in [0.3, 0.4) is 0 Å². The number of aryl methyl sites for hydroxylation is 1. The van der Waals surface area contributed by atoms with E-state index in [1.54, 1.807) is 6.07 Å². The zero-order valence-corrected chi connectivity index (χ0v) is 14.7. The van der Waals surface area contributed by atoms with Crippen LogP contribution in [0.15, 0.2) is 24.3 Å². The van der Waals surface area contributed by atoms with Crippen LogP contribution in [-0.2, 0) is 16.0 Å². The number of hydrogen-bond donors (Lipinski definition) is 2. The first-order chi connectivity index (χ1) is 12.2. The minimum atomic E-state index is -4.41. The topological polar surface area (TPSA) is 66.4 Å². The van der Waals surface area contributed by atoms with Crippen LogP contribution >= 0.6 is 0 Å². The lowest BCUT2D eigenvalue weighted by atomic mass is 9.78. The molecule has 1 aromatic carbocycles. The molecule has 1 fully saturated rings. The van der Waals surface area contributed by atoms with Gasteiger partial charge in [0.05, 0.1) is 11.8 Å². The molecule has 26 heavy (non-hydrogen) atoms. The predicted octanol–water partition coefficient (Wildman–Crippen LogP) is 3.72. The fourth-order valence-electron chi connectivity index (χ4n) is 3.56. The van der Waals surface area contributed by atoms with E-state index in [0.29, 0.717) is 12.8 Å². The van der Waals surface area contributed by atoms with Crippen molar-refractivity contribution in [3.05, 3.63) is 35.4 Å². The Labute approximate surface area is 150 Å². The molecular formula is C19H24F3NO3. The van der Waals surface area contributed by atoms with E-state index in [4.69, 9.17) is 0 Å². The highest BCUT2D eigenvalue weighted by Gasteiger charge is 2.48. The van der Waals surface area contributed by atoms with Gasteiger partial charge in [0.15, 0.2) is 0 Å². The summed E-state index contributed by atoms with van der Waals surface area (Å²) in [7, 11) is 0. The molecule has 1 saturated carbocycles. The second-order valence-electron chi connectivity index (χ2n) is 7.01. The average molecular weight is 371 g/mol. The van der Waals surface area contributed by atoms with E-state index < -0.39 is 35.8 Å². The van der Waals surface area contributed by atoms with Crippen LogP contribution in [0.5, 0.6) is 0 Å². The number of carboxylic acid groups (broad SMARTS) is 1. The molecule has 0 spiro atoms. The van der Waals surface area contributed by atoms with Gasteiger partial charge < -0.3 is 10.4 Å². The molecule has 0 aliphatic heterocycles. The molecule has 1 aliphatic rings. The van der Waals surface area contributed by atoms with Crippen LogP contribution in [0, 0.1) is 24.7 Å². The molecule has 0 aromatic heterocycles. The lowest BCUT2D eigenvalue weighted by Crippen LogP contribution is -2.44. The molecule has 0 radical (unpaired) electrons. The number of alkyl halides is 3. The highest BCUT2D eigenvalue weighted by molar-refractivity contribution is 5.80. The monoisotopic (exact) mass is 371 g/mol. The Balaban J connectivity index is 1.99. The normalized spacial score (nSPS) is 21.8. The number of carboxylic acids is 1. The number of carbonyl (C=O) groups is 2. The fourth-order valence-corrected chi connectivity index (χ4v) is 3.56. The van der Waals surface area contributed by atoms with Crippen LogP contribution < -0.4 is 5.32 Å². The first-order valence-electron chi connectivity index (χ1n) is 8.81. The highest BCUT2D eigenvalue weighted by Crippen LogP contribution is 2.41. The third kappa shape index (κ3) is 5.47. The van der Waals surface area contributed by atoms with E-state index in [-0.39, 0.29) is 25.8 Å². The zero-order chi connectivity index (χ0) is 19.3. The minimum Gasteiger partial charge on any atom is -0.481 e. The van der Waals surface area contributed by atoms with Crippen LogP contribution in [0.2, 0.25) is 0 Å². The lowest BCUT2D eigenvalue weighted by Gasteiger charge is -2.32. The second-order valence-corrected chi connectivity index (χ2v) is 7.01. The number of rotatable bonds is 6. The first-order valence-corrected chi connectivity index (χ1v) is 8.81. The molecule has 0 heterocycles. The van der Waals surface area contributed by atoms with Crippen molar-refractivity contribution < 1.29 is 27.9 Å². The standard InChI is InChI=1S/C19H24F3NO3/c1-12-5-4-6-13(9-12)10-14(18(25)26)11-23-17(24)15-7-2-3-8-16(15)19(20,21)22/h4-6,9,14-16H,2-3,7-8,10-11H2,1H3,(H,23,24)(H,25,26). The minimum absolute atomic E-state index is 0.0484. The molecule has 4 nitrogen and oxygen atoms in total. The summed E-state index contributed by atoms with van der Waals surface area (Å²) in [6, 6.07) is 7.36.